The average molecular weight is 224 g/mol. The molecule has 2 aliphatic carbocycles. The molecule has 16 heavy (non-hydrogen) atoms. The Morgan fingerprint density at radius 3 is 2.88 bits per heavy atom. The van der Waals surface area contributed by atoms with Crippen LogP contribution < -0.4 is 0 Å². The molecule has 3 fully saturated rings. The van der Waals surface area contributed by atoms with Gasteiger partial charge in [-0.3, -0.25) is 4.79 Å². The lowest BCUT2D eigenvalue weighted by Crippen LogP contribution is -2.70. The van der Waals surface area contributed by atoms with Crippen molar-refractivity contribution in [3.8, 4) is 0 Å². The van der Waals surface area contributed by atoms with Crippen LogP contribution in [0.15, 0.2) is 0 Å². The minimum absolute atomic E-state index is 0.124. The van der Waals surface area contributed by atoms with Crippen LogP contribution in [0, 0.1) is 5.92 Å². The first-order valence-corrected chi connectivity index (χ1v) is 6.50. The summed E-state index contributed by atoms with van der Waals surface area (Å²) in [6.07, 6.45) is 5.34. The third kappa shape index (κ3) is 1.31. The van der Waals surface area contributed by atoms with Crippen molar-refractivity contribution in [2.24, 2.45) is 5.92 Å². The molecule has 0 unspecified atom stereocenters. The first-order valence-electron chi connectivity index (χ1n) is 6.50. The fourth-order valence-electron chi connectivity index (χ4n) is 3.76. The molecular formula is C13H20O3. The summed E-state index contributed by atoms with van der Waals surface area (Å²) in [4.78, 5) is 12.0. The Bertz CT molecular complexity index is 314. The fraction of sp³-hybridized carbons (Fsp3) is 0.923. The van der Waals surface area contributed by atoms with Gasteiger partial charge in [0.25, 0.3) is 0 Å². The number of ketones is 1. The van der Waals surface area contributed by atoms with Crippen LogP contribution in [0.25, 0.3) is 0 Å². The third-order valence-electron chi connectivity index (χ3n) is 4.40. The average Bonchev–Trinajstić information content (AvgIpc) is 2.34. The number of ether oxygens (including phenoxy) is 2. The van der Waals surface area contributed by atoms with Crippen LogP contribution in [0.2, 0.25) is 0 Å². The van der Waals surface area contributed by atoms with Crippen LogP contribution in [-0.4, -0.2) is 29.7 Å². The fourth-order valence-corrected chi connectivity index (χ4v) is 3.76. The molecule has 3 heteroatoms. The summed E-state index contributed by atoms with van der Waals surface area (Å²) in [5.41, 5.74) is -0.250. The maximum absolute atomic E-state index is 12.0. The highest BCUT2D eigenvalue weighted by Crippen LogP contribution is 2.52. The predicted octanol–water partition coefficient (Wildman–Crippen LogP) is 2.08. The van der Waals surface area contributed by atoms with Crippen molar-refractivity contribution >= 4 is 5.78 Å². The summed E-state index contributed by atoms with van der Waals surface area (Å²) in [6, 6.07) is 0. The Labute approximate surface area is 96.5 Å². The van der Waals surface area contributed by atoms with Gasteiger partial charge in [-0.15, -0.1) is 0 Å². The Hall–Kier alpha value is -0.410. The topological polar surface area (TPSA) is 35.5 Å². The van der Waals surface area contributed by atoms with Crippen LogP contribution in [0.3, 0.4) is 0 Å². The maximum atomic E-state index is 12.0. The molecule has 0 N–H and O–H groups in total. The van der Waals surface area contributed by atoms with Gasteiger partial charge in [-0.05, 0) is 33.1 Å². The maximum Gasteiger partial charge on any atom is 0.170 e. The molecule has 0 radical (unpaired) electrons. The van der Waals surface area contributed by atoms with Crippen molar-refractivity contribution in [3.05, 3.63) is 0 Å². The molecule has 3 nitrogen and oxygen atoms in total. The highest BCUT2D eigenvalue weighted by Gasteiger charge is 2.66. The smallest absolute Gasteiger partial charge is 0.170 e. The molecular weight excluding hydrogens is 204 g/mol. The molecule has 1 spiro atoms. The zero-order valence-electron chi connectivity index (χ0n) is 10.1. The first kappa shape index (κ1) is 10.7. The van der Waals surface area contributed by atoms with Crippen molar-refractivity contribution in [2.45, 2.75) is 69.9 Å². The van der Waals surface area contributed by atoms with Crippen molar-refractivity contribution in [1.29, 1.82) is 0 Å². The largest absolute Gasteiger partial charge is 0.368 e. The Morgan fingerprint density at radius 2 is 2.06 bits per heavy atom. The van der Waals surface area contributed by atoms with E-state index in [-0.39, 0.29) is 29.8 Å². The van der Waals surface area contributed by atoms with E-state index >= 15 is 0 Å². The molecule has 0 bridgehead atoms. The number of hydrogen-bond donors (Lipinski definition) is 0. The van der Waals surface area contributed by atoms with Gasteiger partial charge >= 0.3 is 0 Å². The second-order valence-corrected chi connectivity index (χ2v) is 5.65. The summed E-state index contributed by atoms with van der Waals surface area (Å²) in [6.45, 7) is 4.15. The Balaban J connectivity index is 1.90. The van der Waals surface area contributed by atoms with Gasteiger partial charge in [0, 0.05) is 0 Å². The van der Waals surface area contributed by atoms with Crippen LogP contribution in [0.4, 0.5) is 0 Å². The van der Waals surface area contributed by atoms with E-state index in [1.807, 2.05) is 6.92 Å². The molecule has 3 aliphatic rings. The number of Topliss-reactive ketones (excluding diaryl/α,β-unsaturated/α-hetero) is 1. The molecule has 0 aromatic carbocycles. The molecule has 0 aromatic heterocycles. The second-order valence-electron chi connectivity index (χ2n) is 5.65. The van der Waals surface area contributed by atoms with Gasteiger partial charge in [-0.1, -0.05) is 12.8 Å². The van der Waals surface area contributed by atoms with Crippen molar-refractivity contribution in [2.75, 3.05) is 0 Å². The molecule has 1 aliphatic heterocycles. The van der Waals surface area contributed by atoms with Gasteiger partial charge in [0.2, 0.25) is 0 Å². The van der Waals surface area contributed by atoms with Crippen LogP contribution >= 0.6 is 0 Å². The van der Waals surface area contributed by atoms with Crippen LogP contribution in [0.5, 0.6) is 0 Å². The second kappa shape index (κ2) is 3.54. The summed E-state index contributed by atoms with van der Waals surface area (Å²) < 4.78 is 12.1. The van der Waals surface area contributed by atoms with E-state index in [9.17, 15) is 4.79 Å². The van der Waals surface area contributed by atoms with Gasteiger partial charge in [0.05, 0.1) is 18.1 Å². The molecule has 0 amide bonds. The summed E-state index contributed by atoms with van der Waals surface area (Å²) in [5.74, 6) is 0.416. The van der Waals surface area contributed by atoms with E-state index in [2.05, 4.69) is 6.92 Å². The Morgan fingerprint density at radius 1 is 1.25 bits per heavy atom. The van der Waals surface area contributed by atoms with Crippen molar-refractivity contribution in [3.63, 3.8) is 0 Å². The molecule has 5 atom stereocenters. The highest BCUT2D eigenvalue weighted by atomic mass is 16.6. The number of rotatable bonds is 0. The zero-order valence-corrected chi connectivity index (χ0v) is 10.1. The molecule has 1 heterocycles. The van der Waals surface area contributed by atoms with E-state index in [1.54, 1.807) is 0 Å². The third-order valence-corrected chi connectivity index (χ3v) is 4.40. The predicted molar refractivity (Wildman–Crippen MR) is 59.2 cm³/mol. The van der Waals surface area contributed by atoms with E-state index in [1.165, 1.54) is 6.42 Å². The van der Waals surface area contributed by atoms with Gasteiger partial charge in [0.15, 0.2) is 5.78 Å². The van der Waals surface area contributed by atoms with Crippen molar-refractivity contribution in [1.82, 2.24) is 0 Å². The molecule has 3 rings (SSSR count). The number of carbonyl (C=O) groups excluding carboxylic acids is 1. The summed E-state index contributed by atoms with van der Waals surface area (Å²) in [5, 5.41) is 0. The highest BCUT2D eigenvalue weighted by molar-refractivity contribution is 5.95. The van der Waals surface area contributed by atoms with Gasteiger partial charge in [0.1, 0.15) is 11.7 Å². The number of hydrogen-bond acceptors (Lipinski definition) is 3. The first-order chi connectivity index (χ1) is 7.63. The lowest BCUT2D eigenvalue weighted by molar-refractivity contribution is -0.234. The zero-order chi connectivity index (χ0) is 11.3. The quantitative estimate of drug-likeness (QED) is 0.632. The van der Waals surface area contributed by atoms with E-state index in [0.717, 1.165) is 25.7 Å². The van der Waals surface area contributed by atoms with Gasteiger partial charge in [-0.25, -0.2) is 0 Å². The van der Waals surface area contributed by atoms with Crippen molar-refractivity contribution < 1.29 is 14.3 Å². The number of carbonyl (C=O) groups is 1. The monoisotopic (exact) mass is 224 g/mol. The lowest BCUT2D eigenvalue weighted by Gasteiger charge is -2.55. The SMILES string of the molecule is C[C@H]1C[C@H](C)O[C@]23CCCC[C@H]2C(=O)[C@H]3O1. The minimum Gasteiger partial charge on any atom is -0.368 e. The molecule has 0 aromatic rings. The summed E-state index contributed by atoms with van der Waals surface area (Å²) in [7, 11) is 0. The molecule has 2 saturated carbocycles. The normalized spacial score (nSPS) is 52.2. The van der Waals surface area contributed by atoms with Crippen LogP contribution in [0.1, 0.15) is 46.0 Å². The molecule has 90 valence electrons. The van der Waals surface area contributed by atoms with E-state index < -0.39 is 0 Å². The van der Waals surface area contributed by atoms with Gasteiger partial charge in [-0.2, -0.15) is 0 Å². The minimum atomic E-state index is -0.266. The standard InChI is InChI=1S/C13H20O3/c1-8-7-9(2)16-13-6-4-3-5-10(13)11(14)12(13)15-8/h8-10,12H,3-7H2,1-2H3/t8-,9-,10-,12+,13+/m0/s1. The van der Waals surface area contributed by atoms with E-state index in [4.69, 9.17) is 9.47 Å². The Kier molecular flexibility index (Phi) is 2.37. The summed E-state index contributed by atoms with van der Waals surface area (Å²) >= 11 is 0. The lowest BCUT2D eigenvalue weighted by atomic mass is 9.58. The van der Waals surface area contributed by atoms with E-state index in [0.29, 0.717) is 5.78 Å². The van der Waals surface area contributed by atoms with Crippen LogP contribution in [-0.2, 0) is 14.3 Å². The molecule has 1 saturated heterocycles. The van der Waals surface area contributed by atoms with Gasteiger partial charge < -0.3 is 9.47 Å².